The minimum absolute atomic E-state index is 0.0635. The molecule has 0 heterocycles. The predicted octanol–water partition coefficient (Wildman–Crippen LogP) is 0.625. The predicted molar refractivity (Wildman–Crippen MR) is 73.9 cm³/mol. The minimum Gasteiger partial charge on any atom is -0.390 e. The van der Waals surface area contributed by atoms with Gasteiger partial charge in [0.05, 0.1) is 17.8 Å². The molecular weight excluding hydrogens is 242 g/mol. The highest BCUT2D eigenvalue weighted by molar-refractivity contribution is 5.24. The van der Waals surface area contributed by atoms with Crippen molar-refractivity contribution in [3.63, 3.8) is 0 Å². The Bertz CT molecular complexity index is 402. The quantitative estimate of drug-likeness (QED) is 0.644. The molecule has 1 aromatic carbocycles. The van der Waals surface area contributed by atoms with Crippen LogP contribution < -0.4 is 5.32 Å². The van der Waals surface area contributed by atoms with E-state index in [1.54, 1.807) is 13.8 Å². The van der Waals surface area contributed by atoms with Crippen molar-refractivity contribution < 1.29 is 15.3 Å². The summed E-state index contributed by atoms with van der Waals surface area (Å²) in [7, 11) is 0. The van der Waals surface area contributed by atoms with E-state index in [1.807, 2.05) is 30.3 Å². The lowest BCUT2D eigenvalue weighted by atomic mass is 9.93. The number of rotatable bonds is 4. The summed E-state index contributed by atoms with van der Waals surface area (Å²) in [5.41, 5.74) is 0.264. The van der Waals surface area contributed by atoms with Gasteiger partial charge in [0, 0.05) is 18.5 Å². The fourth-order valence-electron chi connectivity index (χ4n) is 2.70. The fraction of sp³-hybridized carbons (Fsp3) is 0.600. The van der Waals surface area contributed by atoms with E-state index in [0.29, 0.717) is 13.0 Å². The maximum atomic E-state index is 10.1. The molecule has 4 atom stereocenters. The van der Waals surface area contributed by atoms with Crippen LogP contribution in [0.15, 0.2) is 30.3 Å². The molecule has 0 unspecified atom stereocenters. The van der Waals surface area contributed by atoms with Crippen LogP contribution >= 0.6 is 0 Å². The van der Waals surface area contributed by atoms with E-state index in [-0.39, 0.29) is 12.0 Å². The van der Waals surface area contributed by atoms with Crippen LogP contribution in [0.1, 0.15) is 31.7 Å². The first-order valence-electron chi connectivity index (χ1n) is 6.75. The van der Waals surface area contributed by atoms with E-state index in [4.69, 9.17) is 0 Å². The summed E-state index contributed by atoms with van der Waals surface area (Å²) in [6.45, 7) is 3.81. The molecule has 0 amide bonds. The van der Waals surface area contributed by atoms with Crippen LogP contribution in [0.5, 0.6) is 0 Å². The van der Waals surface area contributed by atoms with Crippen LogP contribution in [0, 0.1) is 0 Å². The molecule has 0 aliphatic heterocycles. The molecule has 2 rings (SSSR count). The molecule has 19 heavy (non-hydrogen) atoms. The molecule has 1 saturated carbocycles. The molecular formula is C15H23NO3. The number of hydrogen-bond donors (Lipinski definition) is 4. The Labute approximate surface area is 114 Å². The second-order valence-corrected chi connectivity index (χ2v) is 6.03. The van der Waals surface area contributed by atoms with Crippen molar-refractivity contribution in [1.82, 2.24) is 5.32 Å². The SMILES string of the molecule is CC(C)(O)CN[C@H]1[C@H](O)[C@H](O)C[C@@H]1c1ccccc1. The van der Waals surface area contributed by atoms with Crippen LogP contribution in [0.25, 0.3) is 0 Å². The molecule has 4 heteroatoms. The Kier molecular flexibility index (Phi) is 4.26. The highest BCUT2D eigenvalue weighted by Crippen LogP contribution is 2.35. The van der Waals surface area contributed by atoms with Gasteiger partial charge >= 0.3 is 0 Å². The Morgan fingerprint density at radius 2 is 1.84 bits per heavy atom. The topological polar surface area (TPSA) is 72.7 Å². The molecule has 0 radical (unpaired) electrons. The van der Waals surface area contributed by atoms with E-state index in [2.05, 4.69) is 5.32 Å². The Balaban J connectivity index is 2.13. The van der Waals surface area contributed by atoms with E-state index in [9.17, 15) is 15.3 Å². The molecule has 1 aliphatic rings. The number of hydrogen-bond acceptors (Lipinski definition) is 4. The molecule has 106 valence electrons. The normalized spacial score (nSPS) is 31.6. The Morgan fingerprint density at radius 3 is 2.42 bits per heavy atom. The zero-order chi connectivity index (χ0) is 14.0. The Hall–Kier alpha value is -0.940. The summed E-state index contributed by atoms with van der Waals surface area (Å²) in [4.78, 5) is 0. The number of benzene rings is 1. The van der Waals surface area contributed by atoms with Crippen LogP contribution in [0.4, 0.5) is 0 Å². The van der Waals surface area contributed by atoms with Crippen molar-refractivity contribution >= 4 is 0 Å². The van der Waals surface area contributed by atoms with E-state index in [1.165, 1.54) is 0 Å². The van der Waals surface area contributed by atoms with Crippen molar-refractivity contribution in [1.29, 1.82) is 0 Å². The Morgan fingerprint density at radius 1 is 1.21 bits per heavy atom. The second kappa shape index (κ2) is 5.59. The van der Waals surface area contributed by atoms with E-state index in [0.717, 1.165) is 5.56 Å². The molecule has 1 aromatic rings. The van der Waals surface area contributed by atoms with Crippen molar-refractivity contribution in [3.05, 3.63) is 35.9 Å². The van der Waals surface area contributed by atoms with Gasteiger partial charge in [0.15, 0.2) is 0 Å². The zero-order valence-electron chi connectivity index (χ0n) is 11.5. The standard InChI is InChI=1S/C15H23NO3/c1-15(2,19)9-16-13-11(8-12(17)14(13)18)10-6-4-3-5-7-10/h3-7,11-14,16-19H,8-9H2,1-2H3/t11-,12-,13-,14-/m1/s1. The first-order valence-corrected chi connectivity index (χ1v) is 6.75. The van der Waals surface area contributed by atoms with Gasteiger partial charge in [0.2, 0.25) is 0 Å². The third-order valence-corrected chi connectivity index (χ3v) is 3.69. The first kappa shape index (κ1) is 14.5. The van der Waals surface area contributed by atoms with Gasteiger partial charge in [-0.2, -0.15) is 0 Å². The van der Waals surface area contributed by atoms with Crippen LogP contribution in [0.2, 0.25) is 0 Å². The van der Waals surface area contributed by atoms with Gasteiger partial charge in [-0.05, 0) is 25.8 Å². The van der Waals surface area contributed by atoms with Crippen molar-refractivity contribution in [2.24, 2.45) is 0 Å². The van der Waals surface area contributed by atoms with Gasteiger partial charge in [0.25, 0.3) is 0 Å². The molecule has 0 spiro atoms. The monoisotopic (exact) mass is 265 g/mol. The largest absolute Gasteiger partial charge is 0.390 e. The number of aliphatic hydroxyl groups is 3. The first-order chi connectivity index (χ1) is 8.88. The molecule has 4 N–H and O–H groups in total. The van der Waals surface area contributed by atoms with E-state index < -0.39 is 17.8 Å². The highest BCUT2D eigenvalue weighted by Gasteiger charge is 2.42. The van der Waals surface area contributed by atoms with E-state index >= 15 is 0 Å². The number of aliphatic hydroxyl groups excluding tert-OH is 2. The third-order valence-electron chi connectivity index (χ3n) is 3.69. The average Bonchev–Trinajstić information content (AvgIpc) is 2.64. The maximum absolute atomic E-state index is 10.1. The summed E-state index contributed by atoms with van der Waals surface area (Å²) in [5, 5.41) is 32.9. The lowest BCUT2D eigenvalue weighted by Crippen LogP contribution is -2.47. The van der Waals surface area contributed by atoms with Crippen molar-refractivity contribution in [2.75, 3.05) is 6.54 Å². The second-order valence-electron chi connectivity index (χ2n) is 6.03. The summed E-state index contributed by atoms with van der Waals surface area (Å²) in [5.74, 6) is 0.0635. The fourth-order valence-corrected chi connectivity index (χ4v) is 2.70. The summed E-state index contributed by atoms with van der Waals surface area (Å²) >= 11 is 0. The lowest BCUT2D eigenvalue weighted by molar-refractivity contribution is 0.0212. The van der Waals surface area contributed by atoms with Crippen LogP contribution in [-0.2, 0) is 0 Å². The smallest absolute Gasteiger partial charge is 0.0957 e. The van der Waals surface area contributed by atoms with Gasteiger partial charge in [-0.15, -0.1) is 0 Å². The summed E-state index contributed by atoms with van der Waals surface area (Å²) in [6, 6.07) is 9.65. The molecule has 1 fully saturated rings. The molecule has 0 bridgehead atoms. The van der Waals surface area contributed by atoms with Gasteiger partial charge in [0.1, 0.15) is 0 Å². The van der Waals surface area contributed by atoms with Gasteiger partial charge in [-0.1, -0.05) is 30.3 Å². The summed E-state index contributed by atoms with van der Waals surface area (Å²) in [6.07, 6.45) is -0.980. The van der Waals surface area contributed by atoms with Crippen molar-refractivity contribution in [3.8, 4) is 0 Å². The highest BCUT2D eigenvalue weighted by atomic mass is 16.3. The molecule has 0 aromatic heterocycles. The van der Waals surface area contributed by atoms with Gasteiger partial charge in [-0.25, -0.2) is 0 Å². The van der Waals surface area contributed by atoms with Gasteiger partial charge < -0.3 is 20.6 Å². The van der Waals surface area contributed by atoms with Crippen LogP contribution in [-0.4, -0.2) is 45.7 Å². The zero-order valence-corrected chi connectivity index (χ0v) is 11.5. The van der Waals surface area contributed by atoms with Gasteiger partial charge in [-0.3, -0.25) is 0 Å². The maximum Gasteiger partial charge on any atom is 0.0957 e. The summed E-state index contributed by atoms with van der Waals surface area (Å²) < 4.78 is 0. The molecule has 0 saturated heterocycles. The molecule has 4 nitrogen and oxygen atoms in total. The lowest BCUT2D eigenvalue weighted by Gasteiger charge is -2.27. The third kappa shape index (κ3) is 3.54. The van der Waals surface area contributed by atoms with Crippen molar-refractivity contribution in [2.45, 2.75) is 50.0 Å². The number of nitrogens with one attached hydrogen (secondary N) is 1. The average molecular weight is 265 g/mol. The minimum atomic E-state index is -0.839. The van der Waals surface area contributed by atoms with Crippen LogP contribution in [0.3, 0.4) is 0 Å². The molecule has 1 aliphatic carbocycles.